The van der Waals surface area contributed by atoms with E-state index in [1.54, 1.807) is 7.11 Å². The molecular formula is C16H28N2O2. The third kappa shape index (κ3) is 2.54. The SMILES string of the molecule is COC1CCN(C(=O)N2CCCC23CCCCC3)CC1. The second-order valence-electron chi connectivity index (χ2n) is 6.74. The summed E-state index contributed by atoms with van der Waals surface area (Å²) >= 11 is 0. The summed E-state index contributed by atoms with van der Waals surface area (Å²) < 4.78 is 5.40. The number of rotatable bonds is 1. The second kappa shape index (κ2) is 5.92. The van der Waals surface area contributed by atoms with Gasteiger partial charge >= 0.3 is 6.03 Å². The van der Waals surface area contributed by atoms with Gasteiger partial charge in [-0.3, -0.25) is 0 Å². The van der Waals surface area contributed by atoms with Crippen molar-refractivity contribution in [1.82, 2.24) is 9.80 Å². The van der Waals surface area contributed by atoms with Crippen molar-refractivity contribution >= 4 is 6.03 Å². The molecular weight excluding hydrogens is 252 g/mol. The molecule has 1 aliphatic carbocycles. The van der Waals surface area contributed by atoms with Gasteiger partial charge in [-0.1, -0.05) is 19.3 Å². The van der Waals surface area contributed by atoms with Gasteiger partial charge in [-0.15, -0.1) is 0 Å². The van der Waals surface area contributed by atoms with E-state index < -0.39 is 0 Å². The van der Waals surface area contributed by atoms with Crippen molar-refractivity contribution in [3.63, 3.8) is 0 Å². The van der Waals surface area contributed by atoms with Crippen molar-refractivity contribution in [2.45, 2.75) is 69.4 Å². The molecule has 0 aromatic rings. The van der Waals surface area contributed by atoms with Crippen LogP contribution in [0.2, 0.25) is 0 Å². The number of hydrogen-bond acceptors (Lipinski definition) is 2. The lowest BCUT2D eigenvalue weighted by Crippen LogP contribution is -2.55. The number of urea groups is 1. The van der Waals surface area contributed by atoms with E-state index in [4.69, 9.17) is 4.74 Å². The highest BCUT2D eigenvalue weighted by Crippen LogP contribution is 2.42. The van der Waals surface area contributed by atoms with Gasteiger partial charge in [0.25, 0.3) is 0 Å². The summed E-state index contributed by atoms with van der Waals surface area (Å²) in [5.74, 6) is 0. The first kappa shape index (κ1) is 14.2. The maximum absolute atomic E-state index is 12.9. The lowest BCUT2D eigenvalue weighted by molar-refractivity contribution is 0.0345. The van der Waals surface area contributed by atoms with Gasteiger partial charge < -0.3 is 14.5 Å². The van der Waals surface area contributed by atoms with Gasteiger partial charge in [-0.25, -0.2) is 4.79 Å². The number of carbonyl (C=O) groups is 1. The molecule has 3 aliphatic rings. The second-order valence-corrected chi connectivity index (χ2v) is 6.74. The Morgan fingerprint density at radius 1 is 1.00 bits per heavy atom. The average molecular weight is 280 g/mol. The van der Waals surface area contributed by atoms with E-state index in [0.29, 0.717) is 12.1 Å². The summed E-state index contributed by atoms with van der Waals surface area (Å²) in [6.45, 7) is 2.71. The molecule has 2 heterocycles. The normalized spacial score (nSPS) is 27.2. The molecule has 3 fully saturated rings. The van der Waals surface area contributed by atoms with E-state index in [0.717, 1.165) is 32.5 Å². The fourth-order valence-corrected chi connectivity index (χ4v) is 4.42. The lowest BCUT2D eigenvalue weighted by atomic mass is 9.80. The third-order valence-corrected chi connectivity index (χ3v) is 5.66. The van der Waals surface area contributed by atoms with Crippen LogP contribution in [0.5, 0.6) is 0 Å². The number of piperidine rings is 1. The van der Waals surface area contributed by atoms with Crippen LogP contribution in [0.25, 0.3) is 0 Å². The molecule has 114 valence electrons. The molecule has 4 heteroatoms. The zero-order valence-electron chi connectivity index (χ0n) is 12.8. The molecule has 0 unspecified atom stereocenters. The molecule has 1 spiro atoms. The summed E-state index contributed by atoms with van der Waals surface area (Å²) in [7, 11) is 1.78. The van der Waals surface area contributed by atoms with Gasteiger partial charge in [-0.05, 0) is 38.5 Å². The molecule has 4 nitrogen and oxygen atoms in total. The Hall–Kier alpha value is -0.770. The third-order valence-electron chi connectivity index (χ3n) is 5.66. The molecule has 0 radical (unpaired) electrons. The summed E-state index contributed by atoms with van der Waals surface area (Å²) in [6, 6.07) is 0.305. The van der Waals surface area contributed by atoms with Crippen molar-refractivity contribution in [1.29, 1.82) is 0 Å². The highest BCUT2D eigenvalue weighted by molar-refractivity contribution is 5.76. The minimum absolute atomic E-state index is 0.216. The van der Waals surface area contributed by atoms with E-state index in [1.807, 2.05) is 0 Å². The van der Waals surface area contributed by atoms with Gasteiger partial charge in [0.15, 0.2) is 0 Å². The maximum atomic E-state index is 12.9. The molecule has 3 rings (SSSR count). The van der Waals surface area contributed by atoms with Crippen LogP contribution in [-0.4, -0.2) is 54.2 Å². The average Bonchev–Trinajstić information content (AvgIpc) is 2.90. The van der Waals surface area contributed by atoms with Crippen molar-refractivity contribution in [3.05, 3.63) is 0 Å². The lowest BCUT2D eigenvalue weighted by Gasteiger charge is -2.44. The van der Waals surface area contributed by atoms with Gasteiger partial charge in [0.1, 0.15) is 0 Å². The van der Waals surface area contributed by atoms with Crippen molar-refractivity contribution < 1.29 is 9.53 Å². The maximum Gasteiger partial charge on any atom is 0.320 e. The topological polar surface area (TPSA) is 32.8 Å². The zero-order valence-corrected chi connectivity index (χ0v) is 12.8. The Balaban J connectivity index is 1.64. The van der Waals surface area contributed by atoms with Crippen LogP contribution in [0.4, 0.5) is 4.79 Å². The van der Waals surface area contributed by atoms with Crippen LogP contribution < -0.4 is 0 Å². The molecule has 0 aromatic heterocycles. The van der Waals surface area contributed by atoms with Gasteiger partial charge in [-0.2, -0.15) is 0 Å². The number of ether oxygens (including phenoxy) is 1. The van der Waals surface area contributed by atoms with Crippen molar-refractivity contribution in [2.75, 3.05) is 26.7 Å². The smallest absolute Gasteiger partial charge is 0.320 e. The molecule has 0 atom stereocenters. The monoisotopic (exact) mass is 280 g/mol. The van der Waals surface area contributed by atoms with E-state index in [-0.39, 0.29) is 5.54 Å². The number of amides is 2. The first-order valence-corrected chi connectivity index (χ1v) is 8.34. The molecule has 20 heavy (non-hydrogen) atoms. The largest absolute Gasteiger partial charge is 0.381 e. The number of hydrogen-bond donors (Lipinski definition) is 0. The number of carbonyl (C=O) groups excluding carboxylic acids is 1. The minimum Gasteiger partial charge on any atom is -0.381 e. The predicted molar refractivity (Wildman–Crippen MR) is 78.8 cm³/mol. The Bertz CT molecular complexity index is 344. The molecule has 2 saturated heterocycles. The Morgan fingerprint density at radius 3 is 2.30 bits per heavy atom. The van der Waals surface area contributed by atoms with Gasteiger partial charge in [0, 0.05) is 32.3 Å². The predicted octanol–water partition coefficient (Wildman–Crippen LogP) is 3.02. The Kier molecular flexibility index (Phi) is 4.20. The van der Waals surface area contributed by atoms with E-state index in [9.17, 15) is 4.79 Å². The van der Waals surface area contributed by atoms with Crippen molar-refractivity contribution in [3.8, 4) is 0 Å². The molecule has 2 aliphatic heterocycles. The van der Waals surface area contributed by atoms with Crippen LogP contribution in [-0.2, 0) is 4.74 Å². The first-order valence-electron chi connectivity index (χ1n) is 8.34. The van der Waals surface area contributed by atoms with Crippen molar-refractivity contribution in [2.24, 2.45) is 0 Å². The highest BCUT2D eigenvalue weighted by atomic mass is 16.5. The van der Waals surface area contributed by atoms with Crippen LogP contribution in [0.15, 0.2) is 0 Å². The van der Waals surface area contributed by atoms with Gasteiger partial charge in [0.2, 0.25) is 0 Å². The number of likely N-dealkylation sites (tertiary alicyclic amines) is 2. The summed E-state index contributed by atoms with van der Waals surface area (Å²) in [4.78, 5) is 17.2. The molecule has 0 N–H and O–H groups in total. The van der Waals surface area contributed by atoms with E-state index >= 15 is 0 Å². The summed E-state index contributed by atoms with van der Waals surface area (Å²) in [5.41, 5.74) is 0.216. The van der Waals surface area contributed by atoms with E-state index in [2.05, 4.69) is 9.80 Å². The summed E-state index contributed by atoms with van der Waals surface area (Å²) in [6.07, 6.45) is 11.2. The molecule has 0 aromatic carbocycles. The fraction of sp³-hybridized carbons (Fsp3) is 0.938. The molecule has 2 amide bonds. The summed E-state index contributed by atoms with van der Waals surface area (Å²) in [5, 5.41) is 0. The quantitative estimate of drug-likeness (QED) is 0.739. The first-order chi connectivity index (χ1) is 9.75. The Morgan fingerprint density at radius 2 is 1.65 bits per heavy atom. The number of nitrogens with zero attached hydrogens (tertiary/aromatic N) is 2. The van der Waals surface area contributed by atoms with Crippen LogP contribution >= 0.6 is 0 Å². The van der Waals surface area contributed by atoms with E-state index in [1.165, 1.54) is 44.9 Å². The molecule has 1 saturated carbocycles. The standard InChI is InChI=1S/C16H28N2O2/c1-20-14-6-12-17(13-7-14)15(19)18-11-5-10-16(18)8-3-2-4-9-16/h14H,2-13H2,1H3. The Labute approximate surface area is 122 Å². The van der Waals surface area contributed by atoms with Crippen LogP contribution in [0.3, 0.4) is 0 Å². The number of methoxy groups -OCH3 is 1. The fourth-order valence-electron chi connectivity index (χ4n) is 4.42. The minimum atomic E-state index is 0.216. The van der Waals surface area contributed by atoms with Crippen LogP contribution in [0.1, 0.15) is 57.8 Å². The zero-order chi connectivity index (χ0) is 14.0. The van der Waals surface area contributed by atoms with Crippen LogP contribution in [0, 0.1) is 0 Å². The highest BCUT2D eigenvalue weighted by Gasteiger charge is 2.45. The van der Waals surface area contributed by atoms with Gasteiger partial charge in [0.05, 0.1) is 6.10 Å². The molecule has 0 bridgehead atoms.